The van der Waals surface area contributed by atoms with E-state index >= 15 is 0 Å². The van der Waals surface area contributed by atoms with Gasteiger partial charge in [-0.3, -0.25) is 14.2 Å². The van der Waals surface area contributed by atoms with Crippen molar-refractivity contribution in [3.63, 3.8) is 0 Å². The van der Waals surface area contributed by atoms with Crippen molar-refractivity contribution in [1.29, 1.82) is 0 Å². The first kappa shape index (κ1) is 24.5. The van der Waals surface area contributed by atoms with Crippen molar-refractivity contribution < 1.29 is 14.5 Å². The number of aliphatic carboxylic acids is 1. The third kappa shape index (κ3) is 4.66. The van der Waals surface area contributed by atoms with Gasteiger partial charge in [0.2, 0.25) is 5.52 Å². The summed E-state index contributed by atoms with van der Waals surface area (Å²) in [4.78, 5) is 28.1. The van der Waals surface area contributed by atoms with E-state index in [9.17, 15) is 14.7 Å². The molecule has 4 aromatic rings. The molecular weight excluding hydrogens is 511 g/mol. The standard InChI is InChI=1S/C27H25N3O3S3/c1-3-28-18-9-5-7-11-20(18)34-23(28)14-13-22-27(33)30(16-15-26(31)32)25(36-22)17-24-29(4-2)19-10-6-8-12-21(19)35-24/h5-14,17H,3-4,15-16H2,1-2H3/p+1/b22-13-,23-14-. The SMILES string of the molecule is CCN1/C(=C/C=c2\s/c(=C\c3sc4ccccc4[n+]3CC)n(CCC(=O)O)c2=O)Sc2ccccc21. The Labute approximate surface area is 220 Å². The summed E-state index contributed by atoms with van der Waals surface area (Å²) in [5, 5.41) is 11.4. The molecule has 0 saturated carbocycles. The summed E-state index contributed by atoms with van der Waals surface area (Å²) >= 11 is 4.77. The number of allylic oxidation sites excluding steroid dienone is 1. The fourth-order valence-electron chi connectivity index (χ4n) is 4.32. The maximum atomic E-state index is 13.4. The van der Waals surface area contributed by atoms with Crippen LogP contribution in [0.15, 0.2) is 69.3 Å². The minimum absolute atomic E-state index is 0.104. The number of fused-ring (bicyclic) bond motifs is 2. The highest BCUT2D eigenvalue weighted by Crippen LogP contribution is 2.45. The molecule has 36 heavy (non-hydrogen) atoms. The summed E-state index contributed by atoms with van der Waals surface area (Å²) in [6.07, 6.45) is 5.79. The van der Waals surface area contributed by atoms with E-state index in [1.54, 1.807) is 27.7 Å². The van der Waals surface area contributed by atoms with E-state index in [1.165, 1.54) is 26.6 Å². The molecule has 0 aliphatic carbocycles. The highest BCUT2D eigenvalue weighted by Gasteiger charge is 2.23. The number of aromatic nitrogens is 2. The smallest absolute Gasteiger partial charge is 0.305 e. The second-order valence-electron chi connectivity index (χ2n) is 8.19. The third-order valence-corrected chi connectivity index (χ3v) is 9.34. The Hall–Kier alpha value is -3.14. The van der Waals surface area contributed by atoms with Gasteiger partial charge in [-0.1, -0.05) is 47.4 Å². The van der Waals surface area contributed by atoms with Crippen LogP contribution in [0.5, 0.6) is 0 Å². The Kier molecular flexibility index (Phi) is 7.13. The van der Waals surface area contributed by atoms with Crippen molar-refractivity contribution in [2.24, 2.45) is 0 Å². The highest BCUT2D eigenvalue weighted by molar-refractivity contribution is 8.03. The van der Waals surface area contributed by atoms with Crippen molar-refractivity contribution in [2.45, 2.75) is 38.3 Å². The van der Waals surface area contributed by atoms with Gasteiger partial charge >= 0.3 is 5.97 Å². The molecule has 0 fully saturated rings. The molecule has 184 valence electrons. The topological polar surface area (TPSA) is 66.4 Å². The lowest BCUT2D eigenvalue weighted by Crippen LogP contribution is -2.35. The molecule has 1 aliphatic rings. The molecule has 0 bridgehead atoms. The minimum atomic E-state index is -0.920. The molecule has 0 saturated heterocycles. The van der Waals surface area contributed by atoms with Gasteiger partial charge in [-0.15, -0.1) is 11.3 Å². The first-order valence-corrected chi connectivity index (χ1v) is 14.3. The van der Waals surface area contributed by atoms with Gasteiger partial charge < -0.3 is 10.0 Å². The van der Waals surface area contributed by atoms with Crippen molar-refractivity contribution in [3.05, 3.63) is 84.2 Å². The molecule has 5 rings (SSSR count). The van der Waals surface area contributed by atoms with Gasteiger partial charge in [-0.05, 0) is 44.2 Å². The number of hydrogen-bond donors (Lipinski definition) is 1. The van der Waals surface area contributed by atoms with Crippen LogP contribution >= 0.6 is 34.4 Å². The Morgan fingerprint density at radius 1 is 1.06 bits per heavy atom. The predicted octanol–water partition coefficient (Wildman–Crippen LogP) is 3.99. The maximum Gasteiger partial charge on any atom is 0.305 e. The van der Waals surface area contributed by atoms with Crippen LogP contribution in [-0.4, -0.2) is 22.2 Å². The molecule has 0 amide bonds. The van der Waals surface area contributed by atoms with Gasteiger partial charge in [0.25, 0.3) is 10.6 Å². The lowest BCUT2D eigenvalue weighted by atomic mass is 10.3. The van der Waals surface area contributed by atoms with Gasteiger partial charge in [-0.2, -0.15) is 4.57 Å². The van der Waals surface area contributed by atoms with Crippen LogP contribution in [0, 0.1) is 0 Å². The Morgan fingerprint density at radius 2 is 1.83 bits per heavy atom. The number of para-hydroxylation sites is 2. The number of benzene rings is 2. The number of aryl methyl sites for hydroxylation is 1. The summed E-state index contributed by atoms with van der Waals surface area (Å²) in [7, 11) is 0. The first-order chi connectivity index (χ1) is 17.5. The molecular formula is C27H26N3O3S3+. The number of nitrogens with zero attached hydrogens (tertiary/aromatic N) is 3. The molecule has 6 nitrogen and oxygen atoms in total. The number of thioether (sulfide) groups is 1. The Morgan fingerprint density at radius 3 is 2.61 bits per heavy atom. The number of carboxylic acids is 1. The van der Waals surface area contributed by atoms with Crippen molar-refractivity contribution in [3.8, 4) is 0 Å². The first-order valence-electron chi connectivity index (χ1n) is 11.8. The van der Waals surface area contributed by atoms with E-state index in [1.807, 2.05) is 42.5 Å². The molecule has 1 aliphatic heterocycles. The molecule has 2 aromatic carbocycles. The van der Waals surface area contributed by atoms with E-state index in [0.717, 1.165) is 33.3 Å². The normalized spacial score (nSPS) is 15.4. The zero-order chi connectivity index (χ0) is 25.2. The van der Waals surface area contributed by atoms with Crippen LogP contribution in [0.1, 0.15) is 25.3 Å². The molecule has 2 aromatic heterocycles. The monoisotopic (exact) mass is 536 g/mol. The lowest BCUT2D eigenvalue weighted by Gasteiger charge is -2.17. The van der Waals surface area contributed by atoms with Gasteiger partial charge in [0.15, 0.2) is 0 Å². The van der Waals surface area contributed by atoms with Crippen LogP contribution < -0.4 is 24.2 Å². The largest absolute Gasteiger partial charge is 0.481 e. The van der Waals surface area contributed by atoms with E-state index in [2.05, 4.69) is 47.6 Å². The average molecular weight is 537 g/mol. The second kappa shape index (κ2) is 10.5. The molecule has 3 heterocycles. The minimum Gasteiger partial charge on any atom is -0.481 e. The highest BCUT2D eigenvalue weighted by atomic mass is 32.2. The molecule has 1 N–H and O–H groups in total. The number of hydrogen-bond acceptors (Lipinski definition) is 6. The van der Waals surface area contributed by atoms with Gasteiger partial charge in [0, 0.05) is 24.1 Å². The van der Waals surface area contributed by atoms with E-state index in [0.29, 0.717) is 4.53 Å². The van der Waals surface area contributed by atoms with Gasteiger partial charge in [0.05, 0.1) is 27.7 Å². The van der Waals surface area contributed by atoms with Crippen LogP contribution in [0.2, 0.25) is 0 Å². The molecule has 0 atom stereocenters. The van der Waals surface area contributed by atoms with Crippen LogP contribution in [0.25, 0.3) is 22.4 Å². The second-order valence-corrected chi connectivity index (χ2v) is 11.4. The summed E-state index contributed by atoms with van der Waals surface area (Å²) in [5.74, 6) is -0.920. The predicted molar refractivity (Wildman–Crippen MR) is 149 cm³/mol. The average Bonchev–Trinajstić information content (AvgIpc) is 3.51. The van der Waals surface area contributed by atoms with Gasteiger partial charge in [-0.25, -0.2) is 0 Å². The number of carboxylic acid groups (broad SMARTS) is 1. The van der Waals surface area contributed by atoms with Gasteiger partial charge in [0.1, 0.15) is 15.9 Å². The fraction of sp³-hybridized carbons (Fsp3) is 0.222. The summed E-state index contributed by atoms with van der Waals surface area (Å²) in [5.41, 5.74) is 2.18. The molecule has 0 unspecified atom stereocenters. The van der Waals surface area contributed by atoms with E-state index < -0.39 is 5.97 Å². The van der Waals surface area contributed by atoms with E-state index in [-0.39, 0.29) is 18.5 Å². The zero-order valence-corrected chi connectivity index (χ0v) is 22.5. The van der Waals surface area contributed by atoms with Crippen LogP contribution in [0.4, 0.5) is 5.69 Å². The maximum absolute atomic E-state index is 13.4. The fourth-order valence-corrected chi connectivity index (χ4v) is 7.70. The number of anilines is 1. The number of carbonyl (C=O) groups is 1. The van der Waals surface area contributed by atoms with Crippen molar-refractivity contribution >= 4 is 68.5 Å². The molecule has 9 heteroatoms. The zero-order valence-electron chi connectivity index (χ0n) is 20.0. The quantitative estimate of drug-likeness (QED) is 0.362. The van der Waals surface area contributed by atoms with Crippen LogP contribution in [0.3, 0.4) is 0 Å². The van der Waals surface area contributed by atoms with Crippen LogP contribution in [-0.2, 0) is 17.9 Å². The number of thiazole rings is 2. The molecule has 0 radical (unpaired) electrons. The Bertz CT molecular complexity index is 1660. The molecule has 0 spiro atoms. The van der Waals surface area contributed by atoms with Crippen molar-refractivity contribution in [2.75, 3.05) is 11.4 Å². The van der Waals surface area contributed by atoms with Crippen molar-refractivity contribution in [1.82, 2.24) is 4.57 Å². The Balaban J connectivity index is 1.62. The summed E-state index contributed by atoms with van der Waals surface area (Å²) < 4.78 is 6.35. The lowest BCUT2D eigenvalue weighted by molar-refractivity contribution is -0.665. The summed E-state index contributed by atoms with van der Waals surface area (Å²) in [6, 6.07) is 16.5. The van der Waals surface area contributed by atoms with E-state index in [4.69, 9.17) is 0 Å². The number of rotatable bonds is 7. The summed E-state index contributed by atoms with van der Waals surface area (Å²) in [6.45, 7) is 5.99. The third-order valence-electron chi connectivity index (χ3n) is 6.02.